The van der Waals surface area contributed by atoms with Gasteiger partial charge in [0.15, 0.2) is 0 Å². The van der Waals surface area contributed by atoms with Gasteiger partial charge in [-0.2, -0.15) is 5.10 Å². The first kappa shape index (κ1) is 9.42. The Morgan fingerprint density at radius 2 is 2.21 bits per heavy atom. The maximum atomic E-state index is 10.9. The highest BCUT2D eigenvalue weighted by Crippen LogP contribution is 2.24. The Morgan fingerprint density at radius 3 is 2.86 bits per heavy atom. The lowest BCUT2D eigenvalue weighted by molar-refractivity contribution is 0.0695. The number of hydrogen-bond donors (Lipinski definition) is 3. The number of carboxylic acids is 1. The number of aromatic nitrogens is 2. The molecule has 0 atom stereocenters. The molecule has 0 unspecified atom stereocenters. The van der Waals surface area contributed by atoms with Crippen LogP contribution >= 0.6 is 25.4 Å². The van der Waals surface area contributed by atoms with E-state index in [4.69, 9.17) is 5.11 Å². The number of thiol groups is 2. The van der Waals surface area contributed by atoms with E-state index in [1.54, 1.807) is 18.3 Å². The third-order valence-electron chi connectivity index (χ3n) is 1.87. The normalized spacial score (nSPS) is 10.7. The van der Waals surface area contributed by atoms with Crippen molar-refractivity contribution in [1.29, 1.82) is 0 Å². The zero-order valence-electron chi connectivity index (χ0n) is 6.88. The standard InChI is InChI=1S/C8H6N2O2S2/c11-8(12)7-4-3-10(14)9-5(4)1-2-6(7)13/h1-3,13-14H,(H,11,12). The van der Waals surface area contributed by atoms with Crippen molar-refractivity contribution < 1.29 is 9.90 Å². The Morgan fingerprint density at radius 1 is 1.50 bits per heavy atom. The van der Waals surface area contributed by atoms with Crippen molar-refractivity contribution in [2.24, 2.45) is 0 Å². The number of aromatic carboxylic acids is 1. The maximum Gasteiger partial charge on any atom is 0.337 e. The lowest BCUT2D eigenvalue weighted by Crippen LogP contribution is -1.98. The van der Waals surface area contributed by atoms with Gasteiger partial charge in [0.25, 0.3) is 0 Å². The molecule has 14 heavy (non-hydrogen) atoms. The van der Waals surface area contributed by atoms with Crippen LogP contribution in [0.2, 0.25) is 0 Å². The van der Waals surface area contributed by atoms with E-state index in [0.29, 0.717) is 15.8 Å². The van der Waals surface area contributed by atoms with E-state index in [1.165, 1.54) is 4.09 Å². The van der Waals surface area contributed by atoms with Crippen molar-refractivity contribution in [3.63, 3.8) is 0 Å². The number of benzene rings is 1. The van der Waals surface area contributed by atoms with Gasteiger partial charge in [-0.25, -0.2) is 8.88 Å². The van der Waals surface area contributed by atoms with Crippen LogP contribution in [-0.2, 0) is 0 Å². The van der Waals surface area contributed by atoms with Crippen molar-refractivity contribution in [2.75, 3.05) is 0 Å². The Balaban J connectivity index is 2.88. The number of carboxylic acid groups (broad SMARTS) is 1. The molecule has 4 nitrogen and oxygen atoms in total. The fraction of sp³-hybridized carbons (Fsp3) is 0. The number of carbonyl (C=O) groups is 1. The second kappa shape index (κ2) is 3.21. The predicted octanol–water partition coefficient (Wildman–Crippen LogP) is 1.72. The minimum absolute atomic E-state index is 0.158. The molecule has 0 bridgehead atoms. The smallest absolute Gasteiger partial charge is 0.337 e. The van der Waals surface area contributed by atoms with Gasteiger partial charge in [0.1, 0.15) is 0 Å². The average Bonchev–Trinajstić information content (AvgIpc) is 2.43. The summed E-state index contributed by atoms with van der Waals surface area (Å²) in [6, 6.07) is 3.31. The van der Waals surface area contributed by atoms with Crippen LogP contribution in [0.3, 0.4) is 0 Å². The van der Waals surface area contributed by atoms with Gasteiger partial charge in [-0.15, -0.1) is 12.6 Å². The molecule has 0 aliphatic carbocycles. The summed E-state index contributed by atoms with van der Waals surface area (Å²) in [5.41, 5.74) is 0.751. The summed E-state index contributed by atoms with van der Waals surface area (Å²) in [4.78, 5) is 11.4. The Kier molecular flexibility index (Phi) is 2.16. The van der Waals surface area contributed by atoms with Crippen molar-refractivity contribution in [3.8, 4) is 0 Å². The summed E-state index contributed by atoms with van der Waals surface area (Å²) in [5.74, 6) is -1.01. The molecule has 1 aromatic heterocycles. The lowest BCUT2D eigenvalue weighted by atomic mass is 10.1. The molecule has 1 aromatic carbocycles. The Bertz CT molecular complexity index is 521. The van der Waals surface area contributed by atoms with Gasteiger partial charge in [-0.05, 0) is 24.9 Å². The van der Waals surface area contributed by atoms with Gasteiger partial charge in [-0.1, -0.05) is 0 Å². The highest BCUT2D eigenvalue weighted by molar-refractivity contribution is 7.80. The van der Waals surface area contributed by atoms with Gasteiger partial charge in [0.2, 0.25) is 0 Å². The Labute approximate surface area is 90.5 Å². The zero-order chi connectivity index (χ0) is 10.3. The van der Waals surface area contributed by atoms with Crippen molar-refractivity contribution in [3.05, 3.63) is 23.9 Å². The maximum absolute atomic E-state index is 10.9. The van der Waals surface area contributed by atoms with Crippen molar-refractivity contribution >= 4 is 42.3 Å². The fourth-order valence-electron chi connectivity index (χ4n) is 1.29. The molecule has 0 saturated carbocycles. The van der Waals surface area contributed by atoms with E-state index in [2.05, 4.69) is 30.5 Å². The first-order valence-electron chi connectivity index (χ1n) is 3.73. The van der Waals surface area contributed by atoms with Crippen LogP contribution in [-0.4, -0.2) is 20.3 Å². The topological polar surface area (TPSA) is 55.1 Å². The molecule has 0 aliphatic heterocycles. The van der Waals surface area contributed by atoms with Crippen LogP contribution in [0.1, 0.15) is 10.4 Å². The van der Waals surface area contributed by atoms with Crippen LogP contribution in [0.5, 0.6) is 0 Å². The molecule has 72 valence electrons. The second-order valence-corrected chi connectivity index (χ2v) is 3.64. The minimum atomic E-state index is -1.01. The molecule has 0 fully saturated rings. The monoisotopic (exact) mass is 226 g/mol. The van der Waals surface area contributed by atoms with Crippen LogP contribution in [0.15, 0.2) is 23.2 Å². The SMILES string of the molecule is O=C(O)c1c(S)ccc2nn(S)cc12. The average molecular weight is 226 g/mol. The number of fused-ring (bicyclic) bond motifs is 1. The Hall–Kier alpha value is -1.14. The molecule has 1 heterocycles. The summed E-state index contributed by atoms with van der Waals surface area (Å²) < 4.78 is 1.28. The summed E-state index contributed by atoms with van der Waals surface area (Å²) in [6.45, 7) is 0. The van der Waals surface area contributed by atoms with Gasteiger partial charge < -0.3 is 5.11 Å². The molecular weight excluding hydrogens is 220 g/mol. The number of rotatable bonds is 1. The van der Waals surface area contributed by atoms with E-state index in [1.807, 2.05) is 0 Å². The molecule has 2 rings (SSSR count). The quantitative estimate of drug-likeness (QED) is 0.649. The van der Waals surface area contributed by atoms with E-state index in [-0.39, 0.29) is 5.56 Å². The van der Waals surface area contributed by atoms with Gasteiger partial charge in [0.05, 0.1) is 11.1 Å². The molecule has 2 aromatic rings. The van der Waals surface area contributed by atoms with E-state index in [9.17, 15) is 4.79 Å². The largest absolute Gasteiger partial charge is 0.478 e. The highest BCUT2D eigenvalue weighted by Gasteiger charge is 2.14. The second-order valence-electron chi connectivity index (χ2n) is 2.75. The van der Waals surface area contributed by atoms with E-state index < -0.39 is 5.97 Å². The lowest BCUT2D eigenvalue weighted by Gasteiger charge is -1.99. The van der Waals surface area contributed by atoms with Crippen molar-refractivity contribution in [2.45, 2.75) is 4.90 Å². The molecule has 0 radical (unpaired) electrons. The molecule has 0 saturated heterocycles. The minimum Gasteiger partial charge on any atom is -0.478 e. The first-order valence-corrected chi connectivity index (χ1v) is 4.58. The predicted molar refractivity (Wildman–Crippen MR) is 58.3 cm³/mol. The summed E-state index contributed by atoms with van der Waals surface area (Å²) in [6.07, 6.45) is 1.54. The first-order chi connectivity index (χ1) is 6.59. The van der Waals surface area contributed by atoms with Gasteiger partial charge in [0, 0.05) is 16.5 Å². The summed E-state index contributed by atoms with van der Waals surface area (Å²) in [7, 11) is 0. The number of hydrogen-bond acceptors (Lipinski definition) is 4. The number of nitrogens with zero attached hydrogens (tertiary/aromatic N) is 2. The molecular formula is C8H6N2O2S2. The van der Waals surface area contributed by atoms with E-state index >= 15 is 0 Å². The molecule has 6 heteroatoms. The highest BCUT2D eigenvalue weighted by atomic mass is 32.1. The van der Waals surface area contributed by atoms with E-state index in [0.717, 1.165) is 0 Å². The third-order valence-corrected chi connectivity index (χ3v) is 2.45. The third kappa shape index (κ3) is 1.36. The fourth-order valence-corrected chi connectivity index (χ4v) is 1.80. The van der Waals surface area contributed by atoms with Gasteiger partial charge in [-0.3, -0.25) is 0 Å². The van der Waals surface area contributed by atoms with Crippen LogP contribution < -0.4 is 0 Å². The van der Waals surface area contributed by atoms with Crippen LogP contribution in [0.25, 0.3) is 10.9 Å². The van der Waals surface area contributed by atoms with Gasteiger partial charge >= 0.3 is 5.97 Å². The zero-order valence-corrected chi connectivity index (χ0v) is 8.67. The molecule has 0 amide bonds. The van der Waals surface area contributed by atoms with Crippen molar-refractivity contribution in [1.82, 2.24) is 9.19 Å². The molecule has 0 spiro atoms. The summed E-state index contributed by atoms with van der Waals surface area (Å²) >= 11 is 8.06. The van der Waals surface area contributed by atoms with Crippen LogP contribution in [0.4, 0.5) is 0 Å². The van der Waals surface area contributed by atoms with Crippen LogP contribution in [0, 0.1) is 0 Å². The molecule has 0 aliphatic rings. The molecule has 1 N–H and O–H groups in total. The summed E-state index contributed by atoms with van der Waals surface area (Å²) in [5, 5.41) is 13.5.